The molecule has 4 aromatic rings. The van der Waals surface area contributed by atoms with Gasteiger partial charge in [-0.3, -0.25) is 0 Å². The third-order valence-corrected chi connectivity index (χ3v) is 8.49. The Hall–Kier alpha value is -4.17. The lowest BCUT2D eigenvalue weighted by Gasteiger charge is -2.20. The van der Waals surface area contributed by atoms with Crippen LogP contribution in [0.25, 0.3) is 24.3 Å². The van der Waals surface area contributed by atoms with Gasteiger partial charge in [-0.05, 0) is 85.3 Å². The van der Waals surface area contributed by atoms with E-state index in [9.17, 15) is 8.42 Å². The summed E-state index contributed by atoms with van der Waals surface area (Å²) in [5.41, 5.74) is 8.16. The molecule has 0 aromatic heterocycles. The van der Waals surface area contributed by atoms with Crippen molar-refractivity contribution in [3.05, 3.63) is 130 Å². The Kier molecular flexibility index (Phi) is 12.6. The Labute approximate surface area is 269 Å². The summed E-state index contributed by atoms with van der Waals surface area (Å²) in [4.78, 5) is 4.62. The van der Waals surface area contributed by atoms with Gasteiger partial charge in [0.15, 0.2) is 0 Å². The molecule has 4 aromatic carbocycles. The molecular weight excluding hydrogens is 580 g/mol. The largest absolute Gasteiger partial charge is 0.400 e. The van der Waals surface area contributed by atoms with Crippen LogP contribution in [-0.2, 0) is 32.0 Å². The maximum atomic E-state index is 12.4. The number of hydrogen-bond acceptors (Lipinski definition) is 6. The molecule has 0 N–H and O–H groups in total. The van der Waals surface area contributed by atoms with Gasteiger partial charge in [0.05, 0.1) is 13.2 Å². The standard InChI is InChI=1S/C38H44N2O4S/c1-5-39(6-2)37-25-21-33(22-26-37)11-9-31-13-17-35(18-14-31)29-43-45(41,42)44-30-36-19-15-32(16-20-36)10-12-34-23-27-38(28-24-34)40(7-3)8-4/h9-28H,5-8,29-30H2,1-4H3/b11-9+,12-10+. The van der Waals surface area contributed by atoms with E-state index in [2.05, 4.69) is 98.2 Å². The Morgan fingerprint density at radius 3 is 1.00 bits per heavy atom. The number of rotatable bonds is 16. The zero-order chi connectivity index (χ0) is 32.1. The Morgan fingerprint density at radius 1 is 0.467 bits per heavy atom. The van der Waals surface area contributed by atoms with Gasteiger partial charge in [-0.1, -0.05) is 97.1 Å². The van der Waals surface area contributed by atoms with Crippen molar-refractivity contribution in [2.24, 2.45) is 0 Å². The minimum Gasteiger partial charge on any atom is -0.372 e. The fourth-order valence-electron chi connectivity index (χ4n) is 4.92. The Morgan fingerprint density at radius 2 is 0.733 bits per heavy atom. The molecule has 236 valence electrons. The summed E-state index contributed by atoms with van der Waals surface area (Å²) in [7, 11) is -4.15. The molecule has 45 heavy (non-hydrogen) atoms. The second kappa shape index (κ2) is 16.8. The Bertz CT molecular complexity index is 1500. The van der Waals surface area contributed by atoms with Crippen LogP contribution in [0.1, 0.15) is 61.1 Å². The van der Waals surface area contributed by atoms with Crippen molar-refractivity contribution in [3.8, 4) is 0 Å². The highest BCUT2D eigenvalue weighted by molar-refractivity contribution is 7.81. The lowest BCUT2D eigenvalue weighted by atomic mass is 10.1. The molecule has 0 unspecified atom stereocenters. The normalized spacial score (nSPS) is 11.8. The van der Waals surface area contributed by atoms with Crippen molar-refractivity contribution in [3.63, 3.8) is 0 Å². The fraction of sp³-hybridized carbons (Fsp3) is 0.263. The van der Waals surface area contributed by atoms with E-state index < -0.39 is 10.4 Å². The number of nitrogens with zero attached hydrogens (tertiary/aromatic N) is 2. The molecule has 0 aliphatic heterocycles. The number of hydrogen-bond donors (Lipinski definition) is 0. The van der Waals surface area contributed by atoms with Gasteiger partial charge in [0, 0.05) is 37.6 Å². The first-order valence-electron chi connectivity index (χ1n) is 15.6. The van der Waals surface area contributed by atoms with E-state index >= 15 is 0 Å². The molecule has 0 fully saturated rings. The molecule has 4 rings (SSSR count). The van der Waals surface area contributed by atoms with Crippen molar-refractivity contribution in [1.82, 2.24) is 0 Å². The zero-order valence-electron chi connectivity index (χ0n) is 26.7. The van der Waals surface area contributed by atoms with E-state index in [1.54, 1.807) is 0 Å². The molecule has 0 spiro atoms. The van der Waals surface area contributed by atoms with Crippen LogP contribution >= 0.6 is 0 Å². The summed E-state index contributed by atoms with van der Waals surface area (Å²) >= 11 is 0. The van der Waals surface area contributed by atoms with Crippen LogP contribution in [0.4, 0.5) is 11.4 Å². The molecular formula is C38H44N2O4S. The molecule has 0 heterocycles. The van der Waals surface area contributed by atoms with Crippen molar-refractivity contribution in [2.75, 3.05) is 36.0 Å². The zero-order valence-corrected chi connectivity index (χ0v) is 27.5. The monoisotopic (exact) mass is 624 g/mol. The van der Waals surface area contributed by atoms with Gasteiger partial charge < -0.3 is 9.80 Å². The van der Waals surface area contributed by atoms with Gasteiger partial charge in [0.1, 0.15) is 0 Å². The van der Waals surface area contributed by atoms with Crippen molar-refractivity contribution < 1.29 is 16.8 Å². The smallest absolute Gasteiger partial charge is 0.372 e. The molecule has 0 radical (unpaired) electrons. The van der Waals surface area contributed by atoms with Gasteiger partial charge in [-0.2, -0.15) is 8.42 Å². The van der Waals surface area contributed by atoms with Crippen LogP contribution in [0, 0.1) is 0 Å². The average molecular weight is 625 g/mol. The summed E-state index contributed by atoms with van der Waals surface area (Å²) in [5, 5.41) is 0. The van der Waals surface area contributed by atoms with E-state index in [0.29, 0.717) is 0 Å². The quantitative estimate of drug-likeness (QED) is 0.116. The Balaban J connectivity index is 1.22. The highest BCUT2D eigenvalue weighted by Gasteiger charge is 2.13. The summed E-state index contributed by atoms with van der Waals surface area (Å²) < 4.78 is 35.0. The van der Waals surface area contributed by atoms with Crippen LogP contribution in [0.15, 0.2) is 97.1 Å². The van der Waals surface area contributed by atoms with Crippen molar-refractivity contribution >= 4 is 46.1 Å². The van der Waals surface area contributed by atoms with Crippen LogP contribution in [0.2, 0.25) is 0 Å². The molecule has 0 saturated heterocycles. The highest BCUT2D eigenvalue weighted by atomic mass is 32.3. The summed E-state index contributed by atoms with van der Waals surface area (Å²) in [6, 6.07) is 32.1. The minimum absolute atomic E-state index is 0.0984. The highest BCUT2D eigenvalue weighted by Crippen LogP contribution is 2.19. The number of benzene rings is 4. The summed E-state index contributed by atoms with van der Waals surface area (Å²) in [6.45, 7) is 12.3. The third kappa shape index (κ3) is 10.5. The van der Waals surface area contributed by atoms with Crippen molar-refractivity contribution in [2.45, 2.75) is 40.9 Å². The van der Waals surface area contributed by atoms with E-state index in [1.165, 1.54) is 11.4 Å². The third-order valence-electron chi connectivity index (χ3n) is 7.68. The lowest BCUT2D eigenvalue weighted by molar-refractivity contribution is 0.202. The molecule has 0 aliphatic carbocycles. The molecule has 0 aliphatic rings. The molecule has 0 amide bonds. The molecule has 0 bridgehead atoms. The minimum atomic E-state index is -4.15. The predicted octanol–water partition coefficient (Wildman–Crippen LogP) is 8.70. The topological polar surface area (TPSA) is 59.1 Å². The molecule has 7 heteroatoms. The van der Waals surface area contributed by atoms with Gasteiger partial charge >= 0.3 is 10.4 Å². The van der Waals surface area contributed by atoms with E-state index in [0.717, 1.165) is 59.6 Å². The average Bonchev–Trinajstić information content (AvgIpc) is 3.08. The SMILES string of the molecule is CCN(CC)c1ccc(/C=C/c2ccc(COS(=O)(=O)OCc3ccc(/C=C/c4ccc(N(CC)CC)cc4)cc3)cc2)cc1. The maximum Gasteiger partial charge on any atom is 0.400 e. The van der Waals surface area contributed by atoms with Gasteiger partial charge in [0.2, 0.25) is 0 Å². The van der Waals surface area contributed by atoms with Gasteiger partial charge in [0.25, 0.3) is 0 Å². The first-order valence-corrected chi connectivity index (χ1v) is 16.9. The van der Waals surface area contributed by atoms with Crippen LogP contribution in [0.5, 0.6) is 0 Å². The second-order valence-electron chi connectivity index (χ2n) is 10.6. The van der Waals surface area contributed by atoms with E-state index in [4.69, 9.17) is 8.37 Å². The van der Waals surface area contributed by atoms with Gasteiger partial charge in [-0.15, -0.1) is 0 Å². The summed E-state index contributed by atoms with van der Waals surface area (Å²) in [6.07, 6.45) is 8.18. The van der Waals surface area contributed by atoms with Gasteiger partial charge in [-0.25, -0.2) is 8.37 Å². The fourth-order valence-corrected chi connectivity index (χ4v) is 5.55. The van der Waals surface area contributed by atoms with E-state index in [-0.39, 0.29) is 13.2 Å². The first kappa shape index (κ1) is 33.7. The van der Waals surface area contributed by atoms with Crippen LogP contribution in [0.3, 0.4) is 0 Å². The lowest BCUT2D eigenvalue weighted by Crippen LogP contribution is -2.21. The summed E-state index contributed by atoms with van der Waals surface area (Å²) in [5.74, 6) is 0. The molecule has 0 saturated carbocycles. The second-order valence-corrected chi connectivity index (χ2v) is 11.9. The van der Waals surface area contributed by atoms with Crippen molar-refractivity contribution in [1.29, 1.82) is 0 Å². The van der Waals surface area contributed by atoms with E-state index in [1.807, 2.05) is 60.7 Å². The molecule has 0 atom stereocenters. The first-order chi connectivity index (χ1) is 21.8. The number of anilines is 2. The maximum absolute atomic E-state index is 12.4. The predicted molar refractivity (Wildman–Crippen MR) is 189 cm³/mol. The van der Waals surface area contributed by atoms with Crippen LogP contribution in [-0.4, -0.2) is 34.6 Å². The van der Waals surface area contributed by atoms with Crippen LogP contribution < -0.4 is 9.80 Å². The molecule has 6 nitrogen and oxygen atoms in total.